The van der Waals surface area contributed by atoms with E-state index in [1.807, 2.05) is 44.2 Å². The minimum Gasteiger partial charge on any atom is -0.340 e. The first-order valence-electron chi connectivity index (χ1n) is 10.2. The molecular formula is C23H20N4O3. The van der Waals surface area contributed by atoms with E-state index in [4.69, 9.17) is 4.98 Å². The normalized spacial score (nSPS) is 28.6. The summed E-state index contributed by atoms with van der Waals surface area (Å²) in [4.78, 5) is 45.1. The molecule has 4 aliphatic heterocycles. The molecule has 5 heterocycles. The lowest BCUT2D eigenvalue weighted by molar-refractivity contribution is -0.146. The first kappa shape index (κ1) is 17.4. The number of piperidine rings is 1. The van der Waals surface area contributed by atoms with Crippen LogP contribution in [0.25, 0.3) is 10.9 Å². The molecule has 4 aliphatic rings. The molecule has 1 fully saturated rings. The van der Waals surface area contributed by atoms with Gasteiger partial charge in [-0.3, -0.25) is 19.0 Å². The Kier molecular flexibility index (Phi) is 3.10. The van der Waals surface area contributed by atoms with Gasteiger partial charge in [-0.2, -0.15) is 0 Å². The molecule has 0 aliphatic carbocycles. The Morgan fingerprint density at radius 3 is 2.60 bits per heavy atom. The van der Waals surface area contributed by atoms with Crippen molar-refractivity contribution in [2.75, 3.05) is 5.32 Å². The molecule has 3 aromatic rings. The zero-order valence-electron chi connectivity index (χ0n) is 16.6. The molecule has 30 heavy (non-hydrogen) atoms. The highest BCUT2D eigenvalue weighted by atomic mass is 16.2. The molecule has 7 rings (SSSR count). The standard InChI is InChI=1S/C23H20N4O3/c1-12(2)23-20-24-15-9-5-3-7-13(15)19(29)27(20)17(18(28)26-23)11-22(23)14-8-4-6-10-16(14)25-21(22)30/h3-10,12,17H,11H2,1-2H3,(H,25,30)(H,26,28)/t17-,22-,23+/m1/s1. The summed E-state index contributed by atoms with van der Waals surface area (Å²) < 4.78 is 1.53. The van der Waals surface area contributed by atoms with E-state index in [0.717, 1.165) is 11.3 Å². The summed E-state index contributed by atoms with van der Waals surface area (Å²) in [5, 5.41) is 6.65. The van der Waals surface area contributed by atoms with Crippen molar-refractivity contribution in [3.63, 3.8) is 0 Å². The lowest BCUT2D eigenvalue weighted by Gasteiger charge is -2.58. The molecule has 0 unspecified atom stereocenters. The molecule has 2 amide bonds. The quantitative estimate of drug-likeness (QED) is 0.655. The van der Waals surface area contributed by atoms with Crippen LogP contribution < -0.4 is 16.2 Å². The third kappa shape index (κ3) is 1.69. The Bertz CT molecular complexity index is 1340. The van der Waals surface area contributed by atoms with Crippen molar-refractivity contribution in [1.82, 2.24) is 14.9 Å². The number of hydrogen-bond acceptors (Lipinski definition) is 4. The van der Waals surface area contributed by atoms with Crippen molar-refractivity contribution in [3.8, 4) is 0 Å². The third-order valence-electron chi connectivity index (χ3n) is 7.16. The highest BCUT2D eigenvalue weighted by Crippen LogP contribution is 2.60. The molecule has 7 heteroatoms. The number of aromatic nitrogens is 2. The monoisotopic (exact) mass is 400 g/mol. The maximum atomic E-state index is 13.6. The van der Waals surface area contributed by atoms with Gasteiger partial charge in [0.25, 0.3) is 5.56 Å². The number of fused-ring (bicyclic) bond motifs is 3. The lowest BCUT2D eigenvalue weighted by atomic mass is 9.54. The van der Waals surface area contributed by atoms with E-state index in [0.29, 0.717) is 16.7 Å². The van der Waals surface area contributed by atoms with Crippen molar-refractivity contribution in [3.05, 3.63) is 70.3 Å². The molecule has 150 valence electrons. The van der Waals surface area contributed by atoms with Gasteiger partial charge in [0.15, 0.2) is 0 Å². The predicted octanol–water partition coefficient (Wildman–Crippen LogP) is 2.21. The number of amides is 2. The SMILES string of the molecule is CC(C)[C@@]12NC(=O)[C@@H](C[C@@]13C(=O)Nc1ccccc13)n1c2nc2ccccc2c1=O. The van der Waals surface area contributed by atoms with Crippen LogP contribution in [-0.4, -0.2) is 21.4 Å². The van der Waals surface area contributed by atoms with Gasteiger partial charge in [-0.15, -0.1) is 0 Å². The van der Waals surface area contributed by atoms with Crippen molar-refractivity contribution >= 4 is 28.4 Å². The van der Waals surface area contributed by atoms with Crippen LogP contribution in [0.5, 0.6) is 0 Å². The second kappa shape index (κ2) is 5.36. The van der Waals surface area contributed by atoms with Gasteiger partial charge in [0.1, 0.15) is 22.8 Å². The van der Waals surface area contributed by atoms with Gasteiger partial charge in [0.05, 0.1) is 10.9 Å². The molecule has 7 nitrogen and oxygen atoms in total. The highest BCUT2D eigenvalue weighted by Gasteiger charge is 2.72. The average molecular weight is 400 g/mol. The van der Waals surface area contributed by atoms with Crippen molar-refractivity contribution in [2.45, 2.75) is 37.3 Å². The fourth-order valence-corrected chi connectivity index (χ4v) is 5.90. The summed E-state index contributed by atoms with van der Waals surface area (Å²) in [6.07, 6.45) is 0.229. The molecule has 0 radical (unpaired) electrons. The number of carbonyl (C=O) groups is 2. The maximum Gasteiger partial charge on any atom is 0.262 e. The van der Waals surface area contributed by atoms with Gasteiger partial charge in [0, 0.05) is 5.69 Å². The summed E-state index contributed by atoms with van der Waals surface area (Å²) >= 11 is 0. The van der Waals surface area contributed by atoms with Crippen molar-refractivity contribution in [2.24, 2.45) is 5.92 Å². The molecule has 1 aromatic heterocycles. The number of nitrogens with one attached hydrogen (secondary N) is 2. The van der Waals surface area contributed by atoms with Gasteiger partial charge < -0.3 is 10.6 Å². The van der Waals surface area contributed by atoms with Gasteiger partial charge in [-0.05, 0) is 36.1 Å². The van der Waals surface area contributed by atoms with Crippen LogP contribution in [0.3, 0.4) is 0 Å². The minimum atomic E-state index is -1.14. The number of rotatable bonds is 1. The summed E-state index contributed by atoms with van der Waals surface area (Å²) in [6.45, 7) is 3.93. The summed E-state index contributed by atoms with van der Waals surface area (Å²) in [5.41, 5.74) is -0.238. The van der Waals surface area contributed by atoms with Crippen LogP contribution in [0.2, 0.25) is 0 Å². The zero-order valence-corrected chi connectivity index (χ0v) is 16.6. The van der Waals surface area contributed by atoms with Gasteiger partial charge in [-0.25, -0.2) is 4.98 Å². The first-order valence-corrected chi connectivity index (χ1v) is 10.2. The van der Waals surface area contributed by atoms with E-state index < -0.39 is 17.0 Å². The van der Waals surface area contributed by atoms with E-state index in [1.54, 1.807) is 18.2 Å². The zero-order chi connectivity index (χ0) is 20.8. The van der Waals surface area contributed by atoms with Crippen molar-refractivity contribution < 1.29 is 9.59 Å². The van der Waals surface area contributed by atoms with Gasteiger partial charge in [0.2, 0.25) is 11.8 Å². The van der Waals surface area contributed by atoms with Gasteiger partial charge >= 0.3 is 0 Å². The molecule has 0 saturated carbocycles. The fourth-order valence-electron chi connectivity index (χ4n) is 5.90. The summed E-state index contributed by atoms with van der Waals surface area (Å²) in [6, 6.07) is 14.0. The molecule has 1 spiro atoms. The van der Waals surface area contributed by atoms with E-state index in [1.165, 1.54) is 4.57 Å². The van der Waals surface area contributed by atoms with Crippen LogP contribution in [0.1, 0.15) is 37.7 Å². The molecular weight excluding hydrogens is 380 g/mol. The Morgan fingerprint density at radius 1 is 1.07 bits per heavy atom. The number of anilines is 1. The molecule has 2 N–H and O–H groups in total. The second-order valence-electron chi connectivity index (χ2n) is 8.70. The van der Waals surface area contributed by atoms with E-state index >= 15 is 0 Å². The number of para-hydroxylation sites is 2. The van der Waals surface area contributed by atoms with Crippen LogP contribution in [0.15, 0.2) is 53.3 Å². The Hall–Kier alpha value is -3.48. The maximum absolute atomic E-state index is 13.6. The number of carbonyl (C=O) groups excluding carboxylic acids is 2. The van der Waals surface area contributed by atoms with Gasteiger partial charge in [-0.1, -0.05) is 44.2 Å². The van der Waals surface area contributed by atoms with Crippen molar-refractivity contribution in [1.29, 1.82) is 0 Å². The van der Waals surface area contributed by atoms with E-state index in [2.05, 4.69) is 10.6 Å². The van der Waals surface area contributed by atoms with Crippen LogP contribution in [0, 0.1) is 5.92 Å². The smallest absolute Gasteiger partial charge is 0.262 e. The predicted molar refractivity (Wildman–Crippen MR) is 111 cm³/mol. The molecule has 3 atom stereocenters. The Balaban J connectivity index is 1.79. The van der Waals surface area contributed by atoms with E-state index in [9.17, 15) is 14.4 Å². The summed E-state index contributed by atoms with van der Waals surface area (Å²) in [5.74, 6) is -0.128. The summed E-state index contributed by atoms with van der Waals surface area (Å²) in [7, 11) is 0. The number of nitrogens with zero attached hydrogens (tertiary/aromatic N) is 2. The largest absolute Gasteiger partial charge is 0.340 e. The highest BCUT2D eigenvalue weighted by molar-refractivity contribution is 6.09. The van der Waals surface area contributed by atoms with Crippen LogP contribution in [-0.2, 0) is 20.5 Å². The molecule has 1 saturated heterocycles. The number of hydrogen-bond donors (Lipinski definition) is 2. The third-order valence-corrected chi connectivity index (χ3v) is 7.16. The minimum absolute atomic E-state index is 0.156. The number of benzene rings is 2. The Morgan fingerprint density at radius 2 is 1.80 bits per heavy atom. The topological polar surface area (TPSA) is 93.1 Å². The molecule has 2 bridgehead atoms. The fraction of sp³-hybridized carbons (Fsp3) is 0.304. The Labute approximate surface area is 172 Å². The lowest BCUT2D eigenvalue weighted by Crippen LogP contribution is -2.75. The van der Waals surface area contributed by atoms with Crippen LogP contribution >= 0.6 is 0 Å². The molecule has 2 aromatic carbocycles. The van der Waals surface area contributed by atoms with E-state index in [-0.39, 0.29) is 29.7 Å². The average Bonchev–Trinajstić information content (AvgIpc) is 3.01. The van der Waals surface area contributed by atoms with Crippen LogP contribution in [0.4, 0.5) is 5.69 Å². The second-order valence-corrected chi connectivity index (χ2v) is 8.70. The first-order chi connectivity index (χ1) is 14.4.